The lowest BCUT2D eigenvalue weighted by Crippen LogP contribution is -2.01. The molecule has 1 aliphatic rings. The highest BCUT2D eigenvalue weighted by atomic mass is 14.7. The first kappa shape index (κ1) is 9.91. The maximum Gasteiger partial charge on any atom is 0.0522 e. The molecular weight excluding hydrogens is 182 g/mol. The van der Waals surface area contributed by atoms with Crippen molar-refractivity contribution in [3.63, 3.8) is 0 Å². The van der Waals surface area contributed by atoms with Crippen LogP contribution >= 0.6 is 0 Å². The van der Waals surface area contributed by atoms with E-state index >= 15 is 0 Å². The molecule has 0 radical (unpaired) electrons. The first-order valence-corrected chi connectivity index (χ1v) is 5.26. The molecule has 0 spiro atoms. The van der Waals surface area contributed by atoms with E-state index in [9.17, 15) is 0 Å². The molecule has 76 valence electrons. The molecular formula is C14H15N. The van der Waals surface area contributed by atoms with Gasteiger partial charge in [-0.1, -0.05) is 36.4 Å². The Hall–Kier alpha value is -1.63. The summed E-state index contributed by atoms with van der Waals surface area (Å²) in [4.78, 5) is 4.56. The maximum atomic E-state index is 4.56. The van der Waals surface area contributed by atoms with Crippen LogP contribution in [0.15, 0.2) is 42.0 Å². The molecule has 0 saturated carbocycles. The van der Waals surface area contributed by atoms with E-state index in [2.05, 4.69) is 41.4 Å². The molecule has 0 aliphatic heterocycles. The fourth-order valence-electron chi connectivity index (χ4n) is 1.70. The van der Waals surface area contributed by atoms with E-state index in [1.807, 2.05) is 19.9 Å². The number of fused-ring (bicyclic) bond motifs is 1. The van der Waals surface area contributed by atoms with E-state index < -0.39 is 0 Å². The molecule has 0 amide bonds. The second-order valence-electron chi connectivity index (χ2n) is 3.77. The number of hydrogen-bond donors (Lipinski definition) is 0. The van der Waals surface area contributed by atoms with Crippen LogP contribution in [-0.4, -0.2) is 4.98 Å². The predicted molar refractivity (Wildman–Crippen MR) is 64.6 cm³/mol. The SMILES string of the molecule is C/C=C/C=C1/C=Cc2ccc(C)nc2C1. The lowest BCUT2D eigenvalue weighted by atomic mass is 9.98. The van der Waals surface area contributed by atoms with Gasteiger partial charge < -0.3 is 0 Å². The van der Waals surface area contributed by atoms with Gasteiger partial charge in [0.15, 0.2) is 0 Å². The molecule has 1 aromatic rings. The molecule has 1 aliphatic carbocycles. The summed E-state index contributed by atoms with van der Waals surface area (Å²) in [5, 5.41) is 0. The largest absolute Gasteiger partial charge is 0.257 e. The van der Waals surface area contributed by atoms with Gasteiger partial charge >= 0.3 is 0 Å². The number of aromatic nitrogens is 1. The summed E-state index contributed by atoms with van der Waals surface area (Å²) in [6, 6.07) is 4.20. The van der Waals surface area contributed by atoms with Crippen LogP contribution < -0.4 is 0 Å². The summed E-state index contributed by atoms with van der Waals surface area (Å²) < 4.78 is 0. The first-order valence-electron chi connectivity index (χ1n) is 5.26. The molecule has 0 fully saturated rings. The van der Waals surface area contributed by atoms with E-state index in [4.69, 9.17) is 0 Å². The predicted octanol–water partition coefficient (Wildman–Crippen LogP) is 3.46. The highest BCUT2D eigenvalue weighted by molar-refractivity contribution is 5.60. The summed E-state index contributed by atoms with van der Waals surface area (Å²) in [7, 11) is 0. The highest BCUT2D eigenvalue weighted by Crippen LogP contribution is 2.21. The summed E-state index contributed by atoms with van der Waals surface area (Å²) >= 11 is 0. The third-order valence-corrected chi connectivity index (χ3v) is 2.50. The van der Waals surface area contributed by atoms with Gasteiger partial charge in [0.25, 0.3) is 0 Å². The molecule has 15 heavy (non-hydrogen) atoms. The minimum atomic E-state index is 0.942. The number of nitrogens with zero attached hydrogens (tertiary/aromatic N) is 1. The van der Waals surface area contributed by atoms with Crippen LogP contribution in [0.3, 0.4) is 0 Å². The smallest absolute Gasteiger partial charge is 0.0522 e. The quantitative estimate of drug-likeness (QED) is 0.671. The zero-order valence-corrected chi connectivity index (χ0v) is 9.20. The Morgan fingerprint density at radius 2 is 2.13 bits per heavy atom. The Kier molecular flexibility index (Phi) is 2.82. The average Bonchev–Trinajstić information content (AvgIpc) is 2.25. The Labute approximate surface area is 90.9 Å². The molecule has 1 heteroatoms. The second-order valence-corrected chi connectivity index (χ2v) is 3.77. The minimum absolute atomic E-state index is 0.942. The highest BCUT2D eigenvalue weighted by Gasteiger charge is 2.08. The van der Waals surface area contributed by atoms with E-state index in [1.165, 1.54) is 16.8 Å². The molecule has 1 heterocycles. The lowest BCUT2D eigenvalue weighted by molar-refractivity contribution is 1.02. The van der Waals surface area contributed by atoms with Crippen molar-refractivity contribution in [2.45, 2.75) is 20.3 Å². The molecule has 2 rings (SSSR count). The average molecular weight is 197 g/mol. The zero-order chi connectivity index (χ0) is 10.7. The first-order chi connectivity index (χ1) is 7.29. The van der Waals surface area contributed by atoms with Gasteiger partial charge in [-0.25, -0.2) is 0 Å². The topological polar surface area (TPSA) is 12.9 Å². The third-order valence-electron chi connectivity index (χ3n) is 2.50. The summed E-state index contributed by atoms with van der Waals surface area (Å²) in [6.45, 7) is 4.06. The molecule has 0 N–H and O–H groups in total. The Bertz CT molecular complexity index is 450. The van der Waals surface area contributed by atoms with Crippen molar-refractivity contribution < 1.29 is 0 Å². The molecule has 0 unspecified atom stereocenters. The Morgan fingerprint density at radius 1 is 1.27 bits per heavy atom. The summed E-state index contributed by atoms with van der Waals surface area (Å²) in [5.41, 5.74) is 4.85. The van der Waals surface area contributed by atoms with Gasteiger partial charge in [0, 0.05) is 12.1 Å². The van der Waals surface area contributed by atoms with Gasteiger partial charge in [-0.05, 0) is 31.1 Å². The Balaban J connectivity index is 2.33. The molecule has 0 atom stereocenters. The van der Waals surface area contributed by atoms with Crippen LogP contribution in [0, 0.1) is 6.92 Å². The Morgan fingerprint density at radius 3 is 2.93 bits per heavy atom. The van der Waals surface area contributed by atoms with Gasteiger partial charge in [-0.15, -0.1) is 0 Å². The van der Waals surface area contributed by atoms with Gasteiger partial charge in [-0.3, -0.25) is 4.98 Å². The van der Waals surface area contributed by atoms with E-state index in [-0.39, 0.29) is 0 Å². The maximum absolute atomic E-state index is 4.56. The van der Waals surface area contributed by atoms with Crippen LogP contribution in [-0.2, 0) is 6.42 Å². The molecule has 0 bridgehead atoms. The van der Waals surface area contributed by atoms with Gasteiger partial charge in [0.1, 0.15) is 0 Å². The number of aryl methyl sites for hydroxylation is 1. The fraction of sp³-hybridized carbons (Fsp3) is 0.214. The minimum Gasteiger partial charge on any atom is -0.257 e. The number of allylic oxidation sites excluding steroid dienone is 5. The fourth-order valence-corrected chi connectivity index (χ4v) is 1.70. The van der Waals surface area contributed by atoms with Crippen molar-refractivity contribution in [3.8, 4) is 0 Å². The number of pyridine rings is 1. The van der Waals surface area contributed by atoms with Gasteiger partial charge in [0.05, 0.1) is 5.69 Å². The monoisotopic (exact) mass is 197 g/mol. The number of hydrogen-bond acceptors (Lipinski definition) is 1. The van der Waals surface area contributed by atoms with Crippen LogP contribution in [0.25, 0.3) is 6.08 Å². The number of rotatable bonds is 1. The molecule has 0 saturated heterocycles. The van der Waals surface area contributed by atoms with E-state index in [1.54, 1.807) is 0 Å². The van der Waals surface area contributed by atoms with Crippen LogP contribution in [0.5, 0.6) is 0 Å². The van der Waals surface area contributed by atoms with Gasteiger partial charge in [0.2, 0.25) is 0 Å². The summed E-state index contributed by atoms with van der Waals surface area (Å²) in [5.74, 6) is 0. The standard InChI is InChI=1S/C14H15N/c1-3-4-5-12-7-9-13-8-6-11(2)15-14(13)10-12/h3-9H,10H2,1-2H3/b4-3+,12-5-. The van der Waals surface area contributed by atoms with Crippen molar-refractivity contribution in [2.75, 3.05) is 0 Å². The van der Waals surface area contributed by atoms with Crippen LogP contribution in [0.1, 0.15) is 23.9 Å². The van der Waals surface area contributed by atoms with Crippen molar-refractivity contribution in [3.05, 3.63) is 59.0 Å². The second kappa shape index (κ2) is 4.26. The van der Waals surface area contributed by atoms with Crippen molar-refractivity contribution in [1.82, 2.24) is 4.98 Å². The third kappa shape index (κ3) is 2.24. The zero-order valence-electron chi connectivity index (χ0n) is 9.20. The van der Waals surface area contributed by atoms with Crippen molar-refractivity contribution in [2.24, 2.45) is 0 Å². The van der Waals surface area contributed by atoms with Crippen LogP contribution in [0.2, 0.25) is 0 Å². The van der Waals surface area contributed by atoms with E-state index in [0.29, 0.717) is 0 Å². The van der Waals surface area contributed by atoms with E-state index in [0.717, 1.165) is 12.1 Å². The van der Waals surface area contributed by atoms with Gasteiger partial charge in [-0.2, -0.15) is 0 Å². The van der Waals surface area contributed by atoms with Crippen molar-refractivity contribution in [1.29, 1.82) is 0 Å². The molecule has 1 aromatic heterocycles. The molecule has 1 nitrogen and oxygen atoms in total. The molecule has 0 aromatic carbocycles. The van der Waals surface area contributed by atoms with Crippen molar-refractivity contribution >= 4 is 6.08 Å². The van der Waals surface area contributed by atoms with Crippen LogP contribution in [0.4, 0.5) is 0 Å². The lowest BCUT2D eigenvalue weighted by Gasteiger charge is -2.12. The summed E-state index contributed by atoms with van der Waals surface area (Å²) in [6.07, 6.45) is 11.5. The normalized spacial score (nSPS) is 17.3.